The van der Waals surface area contributed by atoms with Crippen molar-refractivity contribution < 1.29 is 15.3 Å². The fraction of sp³-hybridized carbons (Fsp3) is 0. The standard InChI is InChI=1S/C8H7N3O4/c12-9-4-6-1-2-7(5-10-13)8(3-6)11(14)15/h1-5,12-13H. The minimum atomic E-state index is -0.619. The third kappa shape index (κ3) is 2.50. The molecule has 0 heterocycles. The smallest absolute Gasteiger partial charge is 0.278 e. The second kappa shape index (κ2) is 4.70. The van der Waals surface area contributed by atoms with E-state index in [1.165, 1.54) is 18.2 Å². The first-order valence-electron chi connectivity index (χ1n) is 3.82. The summed E-state index contributed by atoms with van der Waals surface area (Å²) in [4.78, 5) is 9.99. The molecular formula is C8H7N3O4. The highest BCUT2D eigenvalue weighted by Gasteiger charge is 2.12. The molecule has 0 bridgehead atoms. The first-order valence-corrected chi connectivity index (χ1v) is 3.82. The molecule has 0 aliphatic carbocycles. The Kier molecular flexibility index (Phi) is 3.33. The summed E-state index contributed by atoms with van der Waals surface area (Å²) in [5, 5.41) is 32.6. The third-order valence-corrected chi connectivity index (χ3v) is 1.65. The van der Waals surface area contributed by atoms with E-state index in [1.54, 1.807) is 0 Å². The molecule has 2 N–H and O–H groups in total. The number of nitro groups is 1. The molecule has 0 saturated carbocycles. The summed E-state index contributed by atoms with van der Waals surface area (Å²) in [6.07, 6.45) is 2.02. The number of hydrogen-bond acceptors (Lipinski definition) is 6. The lowest BCUT2D eigenvalue weighted by Crippen LogP contribution is -1.96. The minimum absolute atomic E-state index is 0.164. The van der Waals surface area contributed by atoms with Crippen LogP contribution in [0, 0.1) is 10.1 Å². The Morgan fingerprint density at radius 1 is 1.27 bits per heavy atom. The average molecular weight is 209 g/mol. The molecule has 7 nitrogen and oxygen atoms in total. The molecule has 0 spiro atoms. The van der Waals surface area contributed by atoms with Gasteiger partial charge in [0.05, 0.1) is 22.9 Å². The fourth-order valence-corrected chi connectivity index (χ4v) is 1.04. The Morgan fingerprint density at radius 2 is 1.93 bits per heavy atom. The van der Waals surface area contributed by atoms with E-state index in [1.807, 2.05) is 0 Å². The van der Waals surface area contributed by atoms with E-state index in [4.69, 9.17) is 10.4 Å². The molecule has 0 aromatic heterocycles. The van der Waals surface area contributed by atoms with Gasteiger partial charge in [-0.15, -0.1) is 0 Å². The molecule has 0 atom stereocenters. The Morgan fingerprint density at radius 3 is 2.47 bits per heavy atom. The SMILES string of the molecule is O=[N+]([O-])c1cc(C=NO)ccc1C=NO. The highest BCUT2D eigenvalue weighted by molar-refractivity contribution is 5.88. The molecular weight excluding hydrogens is 202 g/mol. The summed E-state index contributed by atoms with van der Waals surface area (Å²) in [7, 11) is 0. The number of nitrogens with zero attached hydrogens (tertiary/aromatic N) is 3. The predicted molar refractivity (Wildman–Crippen MR) is 51.9 cm³/mol. The lowest BCUT2D eigenvalue weighted by Gasteiger charge is -1.97. The topological polar surface area (TPSA) is 108 Å². The highest BCUT2D eigenvalue weighted by atomic mass is 16.6. The van der Waals surface area contributed by atoms with Crippen molar-refractivity contribution in [3.63, 3.8) is 0 Å². The van der Waals surface area contributed by atoms with Crippen molar-refractivity contribution in [2.24, 2.45) is 10.3 Å². The summed E-state index contributed by atoms with van der Waals surface area (Å²) < 4.78 is 0. The minimum Gasteiger partial charge on any atom is -0.411 e. The van der Waals surface area contributed by atoms with Crippen LogP contribution in [0.1, 0.15) is 11.1 Å². The van der Waals surface area contributed by atoms with Crippen molar-refractivity contribution in [3.8, 4) is 0 Å². The van der Waals surface area contributed by atoms with Crippen molar-refractivity contribution in [1.29, 1.82) is 0 Å². The molecule has 0 amide bonds. The van der Waals surface area contributed by atoms with Crippen molar-refractivity contribution in [1.82, 2.24) is 0 Å². The van der Waals surface area contributed by atoms with Gasteiger partial charge in [-0.25, -0.2) is 0 Å². The van der Waals surface area contributed by atoms with Crippen LogP contribution in [0.2, 0.25) is 0 Å². The van der Waals surface area contributed by atoms with Gasteiger partial charge in [-0.2, -0.15) is 0 Å². The van der Waals surface area contributed by atoms with E-state index >= 15 is 0 Å². The van der Waals surface area contributed by atoms with Gasteiger partial charge in [0.15, 0.2) is 0 Å². The summed E-state index contributed by atoms with van der Waals surface area (Å²) in [6.45, 7) is 0. The van der Waals surface area contributed by atoms with Crippen LogP contribution in [0.3, 0.4) is 0 Å². The zero-order valence-corrected chi connectivity index (χ0v) is 7.44. The van der Waals surface area contributed by atoms with Gasteiger partial charge in [0.1, 0.15) is 0 Å². The monoisotopic (exact) mass is 209 g/mol. The molecule has 0 aliphatic heterocycles. The molecule has 1 aromatic rings. The summed E-state index contributed by atoms with van der Waals surface area (Å²) in [6, 6.07) is 4.08. The number of rotatable bonds is 3. The fourth-order valence-electron chi connectivity index (χ4n) is 1.04. The number of nitro benzene ring substituents is 1. The third-order valence-electron chi connectivity index (χ3n) is 1.65. The maximum atomic E-state index is 10.6. The van der Waals surface area contributed by atoms with Gasteiger partial charge in [-0.1, -0.05) is 16.4 Å². The quantitative estimate of drug-likeness (QED) is 0.337. The van der Waals surface area contributed by atoms with E-state index in [0.717, 1.165) is 12.4 Å². The van der Waals surface area contributed by atoms with Crippen molar-refractivity contribution in [2.45, 2.75) is 0 Å². The van der Waals surface area contributed by atoms with E-state index in [-0.39, 0.29) is 11.3 Å². The first kappa shape index (κ1) is 10.6. The second-order valence-electron chi connectivity index (χ2n) is 2.56. The van der Waals surface area contributed by atoms with Crippen LogP contribution in [-0.4, -0.2) is 27.8 Å². The van der Waals surface area contributed by atoms with Crippen molar-refractivity contribution >= 4 is 18.1 Å². The average Bonchev–Trinajstić information content (AvgIpc) is 2.21. The Bertz CT molecular complexity index is 428. The molecule has 0 fully saturated rings. The second-order valence-corrected chi connectivity index (χ2v) is 2.56. The van der Waals surface area contributed by atoms with Gasteiger partial charge >= 0.3 is 0 Å². The molecule has 0 radical (unpaired) electrons. The lowest BCUT2D eigenvalue weighted by atomic mass is 10.1. The maximum Gasteiger partial charge on any atom is 0.278 e. The van der Waals surface area contributed by atoms with Gasteiger partial charge in [-0.3, -0.25) is 10.1 Å². The van der Waals surface area contributed by atoms with Gasteiger partial charge in [0, 0.05) is 11.6 Å². The van der Waals surface area contributed by atoms with E-state index < -0.39 is 4.92 Å². The van der Waals surface area contributed by atoms with Crippen LogP contribution >= 0.6 is 0 Å². The van der Waals surface area contributed by atoms with Crippen LogP contribution in [0.15, 0.2) is 28.5 Å². The normalized spacial score (nSPS) is 11.2. The molecule has 1 rings (SSSR count). The molecule has 1 aromatic carbocycles. The van der Waals surface area contributed by atoms with Crippen LogP contribution in [0.5, 0.6) is 0 Å². The van der Waals surface area contributed by atoms with Crippen molar-refractivity contribution in [3.05, 3.63) is 39.4 Å². The summed E-state index contributed by atoms with van der Waals surface area (Å²) >= 11 is 0. The Labute approximate surface area is 84.1 Å². The largest absolute Gasteiger partial charge is 0.411 e. The molecule has 78 valence electrons. The van der Waals surface area contributed by atoms with Gasteiger partial charge < -0.3 is 10.4 Å². The molecule has 0 saturated heterocycles. The number of benzene rings is 1. The number of hydrogen-bond donors (Lipinski definition) is 2. The maximum absolute atomic E-state index is 10.6. The van der Waals surface area contributed by atoms with Crippen molar-refractivity contribution in [2.75, 3.05) is 0 Å². The van der Waals surface area contributed by atoms with Crippen LogP contribution in [-0.2, 0) is 0 Å². The first-order chi connectivity index (χ1) is 7.19. The molecule has 0 aliphatic rings. The van der Waals surface area contributed by atoms with E-state index in [9.17, 15) is 10.1 Å². The highest BCUT2D eigenvalue weighted by Crippen LogP contribution is 2.17. The predicted octanol–water partition coefficient (Wildman–Crippen LogP) is 1.21. The Balaban J connectivity index is 3.26. The Hall–Kier alpha value is -2.44. The molecule has 7 heteroatoms. The summed E-state index contributed by atoms with van der Waals surface area (Å²) in [5.41, 5.74) is 0.307. The van der Waals surface area contributed by atoms with E-state index in [0.29, 0.717) is 5.56 Å². The summed E-state index contributed by atoms with van der Waals surface area (Å²) in [5.74, 6) is 0. The zero-order valence-electron chi connectivity index (χ0n) is 7.44. The van der Waals surface area contributed by atoms with Crippen LogP contribution in [0.25, 0.3) is 0 Å². The number of oxime groups is 2. The molecule has 15 heavy (non-hydrogen) atoms. The lowest BCUT2D eigenvalue weighted by molar-refractivity contribution is -0.385. The van der Waals surface area contributed by atoms with Gasteiger partial charge in [-0.05, 0) is 6.07 Å². The van der Waals surface area contributed by atoms with Gasteiger partial charge in [0.25, 0.3) is 5.69 Å². The van der Waals surface area contributed by atoms with Crippen LogP contribution in [0.4, 0.5) is 5.69 Å². The van der Waals surface area contributed by atoms with E-state index in [2.05, 4.69) is 10.3 Å². The van der Waals surface area contributed by atoms with Crippen LogP contribution < -0.4 is 0 Å². The van der Waals surface area contributed by atoms with Gasteiger partial charge in [0.2, 0.25) is 0 Å². The zero-order chi connectivity index (χ0) is 11.3. The molecule has 0 unspecified atom stereocenters.